The first-order chi connectivity index (χ1) is 17.8. The molecule has 11 heteroatoms. The van der Waals surface area contributed by atoms with Crippen molar-refractivity contribution in [3.05, 3.63) is 66.0 Å². The minimum Gasteiger partial charge on any atom is -0.377 e. The summed E-state index contributed by atoms with van der Waals surface area (Å²) >= 11 is 0. The molecule has 1 fully saturated rings. The number of benzene rings is 2. The Labute approximate surface area is 213 Å². The summed E-state index contributed by atoms with van der Waals surface area (Å²) in [7, 11) is -1.04. The van der Waals surface area contributed by atoms with Crippen LogP contribution in [0.15, 0.2) is 59.6 Å². The van der Waals surface area contributed by atoms with Crippen LogP contribution < -0.4 is 9.80 Å². The van der Waals surface area contributed by atoms with Gasteiger partial charge in [0.1, 0.15) is 5.69 Å². The molecule has 0 bridgehead atoms. The third kappa shape index (κ3) is 4.46. The Morgan fingerprint density at radius 2 is 2.00 bits per heavy atom. The maximum atomic E-state index is 13.4. The number of hydrogen-bond donors (Lipinski definition) is 1. The number of nitrogens with zero attached hydrogens (tertiary/aromatic N) is 4. The third-order valence-electron chi connectivity index (χ3n) is 6.86. The zero-order chi connectivity index (χ0) is 25.7. The van der Waals surface area contributed by atoms with Gasteiger partial charge in [-0.2, -0.15) is 13.2 Å². The van der Waals surface area contributed by atoms with Gasteiger partial charge in [-0.05, 0) is 29.8 Å². The Hall–Kier alpha value is -3.44. The summed E-state index contributed by atoms with van der Waals surface area (Å²) in [6.45, 7) is 3.14. The van der Waals surface area contributed by atoms with Crippen LogP contribution in [-0.2, 0) is 28.3 Å². The van der Waals surface area contributed by atoms with Crippen molar-refractivity contribution in [3.63, 3.8) is 0 Å². The Balaban J connectivity index is 1.40. The average Bonchev–Trinajstić information content (AvgIpc) is 3.34. The molecule has 2 aromatic heterocycles. The van der Waals surface area contributed by atoms with Gasteiger partial charge >= 0.3 is 6.18 Å². The molecule has 2 atom stereocenters. The fraction of sp³-hybridized carbons (Fsp3) is 0.308. The summed E-state index contributed by atoms with van der Waals surface area (Å²) in [5.41, 5.74) is 2.05. The van der Waals surface area contributed by atoms with E-state index in [9.17, 15) is 17.4 Å². The van der Waals surface area contributed by atoms with Gasteiger partial charge in [-0.3, -0.25) is 4.21 Å². The van der Waals surface area contributed by atoms with Crippen LogP contribution in [0.5, 0.6) is 0 Å². The molecule has 0 radical (unpaired) electrons. The number of halogens is 3. The van der Waals surface area contributed by atoms with E-state index in [0.29, 0.717) is 48.6 Å². The van der Waals surface area contributed by atoms with E-state index in [2.05, 4.69) is 19.8 Å². The van der Waals surface area contributed by atoms with Crippen LogP contribution in [0.1, 0.15) is 11.3 Å². The van der Waals surface area contributed by atoms with Crippen molar-refractivity contribution in [1.82, 2.24) is 15.0 Å². The summed E-state index contributed by atoms with van der Waals surface area (Å²) in [6, 6.07) is 14.0. The minimum absolute atomic E-state index is 0.0892. The lowest BCUT2D eigenvalue weighted by atomic mass is 10.1. The van der Waals surface area contributed by atoms with Gasteiger partial charge in [0.15, 0.2) is 11.6 Å². The van der Waals surface area contributed by atoms with E-state index in [0.717, 1.165) is 34.6 Å². The van der Waals surface area contributed by atoms with E-state index in [-0.39, 0.29) is 6.04 Å². The number of aromatic amines is 1. The summed E-state index contributed by atoms with van der Waals surface area (Å²) in [4.78, 5) is 17.2. The Morgan fingerprint density at radius 1 is 1.19 bits per heavy atom. The molecule has 2 aliphatic rings. The zero-order valence-corrected chi connectivity index (χ0v) is 20.8. The molecule has 0 spiro atoms. The lowest BCUT2D eigenvalue weighted by molar-refractivity contribution is -0.140. The summed E-state index contributed by atoms with van der Waals surface area (Å²) in [6.07, 6.45) is -1.06. The molecule has 7 nitrogen and oxygen atoms in total. The molecular weight excluding hydrogens is 503 g/mol. The highest BCUT2D eigenvalue weighted by Gasteiger charge is 2.36. The topological polar surface area (TPSA) is 74.3 Å². The predicted molar refractivity (Wildman–Crippen MR) is 136 cm³/mol. The molecule has 2 aliphatic heterocycles. The van der Waals surface area contributed by atoms with Gasteiger partial charge in [-0.25, -0.2) is 9.97 Å². The lowest BCUT2D eigenvalue weighted by Gasteiger charge is -2.45. The lowest BCUT2D eigenvalue weighted by Crippen LogP contribution is -2.55. The number of alkyl halides is 3. The zero-order valence-electron chi connectivity index (χ0n) is 20.0. The molecule has 6 rings (SSSR count). The van der Waals surface area contributed by atoms with Crippen molar-refractivity contribution in [3.8, 4) is 11.4 Å². The second-order valence-electron chi connectivity index (χ2n) is 9.25. The second kappa shape index (κ2) is 9.14. The van der Waals surface area contributed by atoms with E-state index in [1.807, 2.05) is 24.3 Å². The largest absolute Gasteiger partial charge is 0.431 e. The van der Waals surface area contributed by atoms with Crippen LogP contribution in [0.25, 0.3) is 22.3 Å². The molecule has 4 heterocycles. The molecule has 0 aliphatic carbocycles. The first kappa shape index (κ1) is 23.9. The molecule has 0 amide bonds. The number of morpholine rings is 1. The molecule has 0 saturated carbocycles. The summed E-state index contributed by atoms with van der Waals surface area (Å²) in [5.74, 6) is 1.12. The maximum Gasteiger partial charge on any atom is 0.431 e. The number of H-pyrrole nitrogens is 1. The molecular formula is C26H24F3N5O2S. The predicted octanol–water partition coefficient (Wildman–Crippen LogP) is 4.61. The van der Waals surface area contributed by atoms with Crippen LogP contribution in [0.4, 0.5) is 24.7 Å². The molecule has 1 N–H and O–H groups in total. The fourth-order valence-electron chi connectivity index (χ4n) is 5.03. The Morgan fingerprint density at radius 3 is 2.76 bits per heavy atom. The van der Waals surface area contributed by atoms with E-state index < -0.39 is 22.7 Å². The van der Waals surface area contributed by atoms with E-state index in [1.54, 1.807) is 30.7 Å². The van der Waals surface area contributed by atoms with Gasteiger partial charge < -0.3 is 19.5 Å². The first-order valence-electron chi connectivity index (χ1n) is 11.9. The number of aromatic nitrogens is 3. The monoisotopic (exact) mass is 527 g/mol. The highest BCUT2D eigenvalue weighted by Crippen LogP contribution is 2.39. The number of anilines is 2. The minimum atomic E-state index is -4.47. The number of rotatable bonds is 4. The van der Waals surface area contributed by atoms with Crippen molar-refractivity contribution < 1.29 is 22.1 Å². The van der Waals surface area contributed by atoms with Gasteiger partial charge in [0.2, 0.25) is 0 Å². The fourth-order valence-corrected chi connectivity index (χ4v) is 5.55. The van der Waals surface area contributed by atoms with Gasteiger partial charge in [0.25, 0.3) is 0 Å². The van der Waals surface area contributed by atoms with Crippen LogP contribution in [0.2, 0.25) is 0 Å². The normalized spacial score (nSPS) is 18.5. The molecule has 4 aromatic rings. The first-order valence-corrected chi connectivity index (χ1v) is 13.4. The maximum absolute atomic E-state index is 13.4. The van der Waals surface area contributed by atoms with Gasteiger partial charge in [0.05, 0.1) is 31.1 Å². The standard InChI is InChI=1S/C26H24F3N5O2S/c1-37(35)18-7-5-16(6-8-18)13-33-14-17-15-36-10-9-34(17)25-22(33)12-30-24(32-25)19-3-2-4-21-20(19)11-23(31-21)26(27,28)29/h2-8,11-12,17,31H,9-10,13-15H2,1H3. The summed E-state index contributed by atoms with van der Waals surface area (Å²) < 4.78 is 57.6. The number of hydrogen-bond acceptors (Lipinski definition) is 6. The average molecular weight is 528 g/mol. The molecule has 2 unspecified atom stereocenters. The Kier molecular flexibility index (Phi) is 5.91. The smallest absolute Gasteiger partial charge is 0.377 e. The highest BCUT2D eigenvalue weighted by molar-refractivity contribution is 7.84. The highest BCUT2D eigenvalue weighted by atomic mass is 32.2. The van der Waals surface area contributed by atoms with Crippen molar-refractivity contribution in [2.45, 2.75) is 23.7 Å². The van der Waals surface area contributed by atoms with Crippen molar-refractivity contribution in [2.75, 3.05) is 42.4 Å². The number of fused-ring (bicyclic) bond motifs is 4. The third-order valence-corrected chi connectivity index (χ3v) is 7.80. The van der Waals surface area contributed by atoms with E-state index >= 15 is 0 Å². The van der Waals surface area contributed by atoms with E-state index in [4.69, 9.17) is 9.72 Å². The van der Waals surface area contributed by atoms with Gasteiger partial charge in [-0.1, -0.05) is 24.3 Å². The Bertz CT molecular complexity index is 1490. The van der Waals surface area contributed by atoms with Crippen molar-refractivity contribution in [1.29, 1.82) is 0 Å². The molecule has 2 aromatic carbocycles. The SMILES string of the molecule is CS(=O)c1ccc(CN2CC3COCCN3c3nc(-c4cccc5[nH]c(C(F)(F)F)cc45)ncc32)cc1. The van der Waals surface area contributed by atoms with E-state index in [1.165, 1.54) is 0 Å². The number of nitrogens with one attached hydrogen (secondary N) is 1. The molecule has 37 heavy (non-hydrogen) atoms. The number of ether oxygens (including phenoxy) is 1. The van der Waals surface area contributed by atoms with Crippen molar-refractivity contribution >= 4 is 33.2 Å². The van der Waals surface area contributed by atoms with Crippen LogP contribution in [-0.4, -0.2) is 57.8 Å². The van der Waals surface area contributed by atoms with Crippen LogP contribution >= 0.6 is 0 Å². The van der Waals surface area contributed by atoms with Crippen LogP contribution in [0, 0.1) is 0 Å². The van der Waals surface area contributed by atoms with Gasteiger partial charge in [0, 0.05) is 58.1 Å². The molecule has 1 saturated heterocycles. The van der Waals surface area contributed by atoms with Crippen molar-refractivity contribution in [2.24, 2.45) is 0 Å². The second-order valence-corrected chi connectivity index (χ2v) is 10.6. The quantitative estimate of drug-likeness (QED) is 0.418. The van der Waals surface area contributed by atoms with Crippen LogP contribution in [0.3, 0.4) is 0 Å². The van der Waals surface area contributed by atoms with Gasteiger partial charge in [-0.15, -0.1) is 0 Å². The summed E-state index contributed by atoms with van der Waals surface area (Å²) in [5, 5.41) is 0.425. The molecule has 192 valence electrons.